The topological polar surface area (TPSA) is 84.6 Å². The van der Waals surface area contributed by atoms with E-state index < -0.39 is 5.91 Å². The van der Waals surface area contributed by atoms with E-state index in [4.69, 9.17) is 22.7 Å². The van der Waals surface area contributed by atoms with Crippen LogP contribution in [0.15, 0.2) is 42.5 Å². The molecular weight excluding hydrogens is 288 g/mol. The van der Waals surface area contributed by atoms with Crippen molar-refractivity contribution in [3.8, 4) is 11.5 Å². The summed E-state index contributed by atoms with van der Waals surface area (Å²) in [5.74, 6) is -0.142. The van der Waals surface area contributed by atoms with E-state index in [0.29, 0.717) is 17.0 Å². The first-order valence-corrected chi connectivity index (χ1v) is 6.51. The lowest BCUT2D eigenvalue weighted by atomic mass is 10.1. The van der Waals surface area contributed by atoms with Gasteiger partial charge in [0.05, 0.1) is 18.4 Å². The van der Waals surface area contributed by atoms with Crippen LogP contribution >= 0.6 is 12.2 Å². The highest BCUT2D eigenvalue weighted by Gasteiger charge is 2.14. The molecular formula is C15H14N2O3S. The lowest BCUT2D eigenvalue weighted by Gasteiger charge is -2.11. The van der Waals surface area contributed by atoms with E-state index in [-0.39, 0.29) is 16.3 Å². The summed E-state index contributed by atoms with van der Waals surface area (Å²) in [6, 6.07) is 11.3. The van der Waals surface area contributed by atoms with Crippen LogP contribution in [0, 0.1) is 0 Å². The van der Waals surface area contributed by atoms with Gasteiger partial charge in [0, 0.05) is 5.56 Å². The Kier molecular flexibility index (Phi) is 4.39. The summed E-state index contributed by atoms with van der Waals surface area (Å²) in [6.45, 7) is 0. The molecule has 0 aromatic heterocycles. The molecule has 0 heterocycles. The molecule has 21 heavy (non-hydrogen) atoms. The van der Waals surface area contributed by atoms with E-state index in [9.17, 15) is 9.90 Å². The molecule has 0 aliphatic rings. The maximum Gasteiger partial charge on any atom is 0.259 e. The second kappa shape index (κ2) is 6.23. The minimum atomic E-state index is -0.477. The molecule has 2 aromatic carbocycles. The van der Waals surface area contributed by atoms with Crippen LogP contribution in [0.5, 0.6) is 11.5 Å². The van der Waals surface area contributed by atoms with E-state index in [1.54, 1.807) is 30.3 Å². The van der Waals surface area contributed by atoms with Gasteiger partial charge in [-0.3, -0.25) is 4.79 Å². The van der Waals surface area contributed by atoms with Gasteiger partial charge < -0.3 is 20.9 Å². The standard InChI is InChI=1S/C15H14N2O3S/c1-20-9-6-7-13(18)11(8-9)15(19)17-12-5-3-2-4-10(12)14(16)21/h2-8,18H,1H3,(H2,16,21)(H,17,19). The molecule has 0 fully saturated rings. The molecule has 1 amide bonds. The van der Waals surface area contributed by atoms with Gasteiger partial charge in [-0.15, -0.1) is 0 Å². The van der Waals surface area contributed by atoms with E-state index >= 15 is 0 Å². The molecule has 5 nitrogen and oxygen atoms in total. The van der Waals surface area contributed by atoms with E-state index in [2.05, 4.69) is 5.32 Å². The smallest absolute Gasteiger partial charge is 0.259 e. The lowest BCUT2D eigenvalue weighted by Crippen LogP contribution is -2.17. The van der Waals surface area contributed by atoms with Crippen LogP contribution in [0.2, 0.25) is 0 Å². The van der Waals surface area contributed by atoms with Crippen molar-refractivity contribution in [2.75, 3.05) is 12.4 Å². The Bertz CT molecular complexity index is 701. The summed E-state index contributed by atoms with van der Waals surface area (Å²) in [5, 5.41) is 12.5. The molecule has 4 N–H and O–H groups in total. The number of amides is 1. The van der Waals surface area contributed by atoms with Crippen LogP contribution in [0.1, 0.15) is 15.9 Å². The average molecular weight is 302 g/mol. The largest absolute Gasteiger partial charge is 0.507 e. The van der Waals surface area contributed by atoms with Crippen molar-refractivity contribution in [1.29, 1.82) is 0 Å². The van der Waals surface area contributed by atoms with Gasteiger partial charge in [0.1, 0.15) is 16.5 Å². The third kappa shape index (κ3) is 3.29. The van der Waals surface area contributed by atoms with Gasteiger partial charge in [0.25, 0.3) is 5.91 Å². The zero-order valence-electron chi connectivity index (χ0n) is 11.3. The molecule has 0 spiro atoms. The summed E-state index contributed by atoms with van der Waals surface area (Å²) < 4.78 is 5.04. The molecule has 2 aromatic rings. The van der Waals surface area contributed by atoms with E-state index in [1.807, 2.05) is 0 Å². The molecule has 0 saturated carbocycles. The minimum absolute atomic E-state index is 0.104. The number of aromatic hydroxyl groups is 1. The molecule has 0 bridgehead atoms. The Balaban J connectivity index is 2.33. The lowest BCUT2D eigenvalue weighted by molar-refractivity contribution is 0.102. The second-order valence-corrected chi connectivity index (χ2v) is 4.69. The van der Waals surface area contributed by atoms with Crippen molar-refractivity contribution in [1.82, 2.24) is 0 Å². The second-order valence-electron chi connectivity index (χ2n) is 4.25. The Morgan fingerprint density at radius 3 is 2.62 bits per heavy atom. The summed E-state index contributed by atoms with van der Waals surface area (Å²) >= 11 is 4.94. The third-order valence-electron chi connectivity index (χ3n) is 2.89. The highest BCUT2D eigenvalue weighted by atomic mass is 32.1. The third-order valence-corrected chi connectivity index (χ3v) is 3.11. The molecule has 0 saturated heterocycles. The Morgan fingerprint density at radius 1 is 1.24 bits per heavy atom. The zero-order valence-corrected chi connectivity index (χ0v) is 12.1. The van der Waals surface area contributed by atoms with Crippen molar-refractivity contribution in [3.63, 3.8) is 0 Å². The maximum absolute atomic E-state index is 12.3. The number of thiocarbonyl (C=S) groups is 1. The molecule has 108 valence electrons. The number of carbonyl (C=O) groups excluding carboxylic acids is 1. The van der Waals surface area contributed by atoms with Gasteiger partial charge in [-0.25, -0.2) is 0 Å². The van der Waals surface area contributed by atoms with Gasteiger partial charge >= 0.3 is 0 Å². The first kappa shape index (κ1) is 14.8. The first-order chi connectivity index (χ1) is 10.0. The molecule has 0 aliphatic heterocycles. The van der Waals surface area contributed by atoms with E-state index in [0.717, 1.165) is 0 Å². The van der Waals surface area contributed by atoms with Crippen molar-refractivity contribution >= 4 is 28.8 Å². The molecule has 0 unspecified atom stereocenters. The van der Waals surface area contributed by atoms with Gasteiger partial charge in [-0.05, 0) is 30.3 Å². The number of phenolic OH excluding ortho intramolecular Hbond substituents is 1. The molecule has 0 atom stereocenters. The number of rotatable bonds is 4. The van der Waals surface area contributed by atoms with Crippen LogP contribution in [0.4, 0.5) is 5.69 Å². The first-order valence-electron chi connectivity index (χ1n) is 6.10. The summed E-state index contributed by atoms with van der Waals surface area (Å²) in [7, 11) is 1.48. The number of phenols is 1. The van der Waals surface area contributed by atoms with Gasteiger partial charge in [0.15, 0.2) is 0 Å². The van der Waals surface area contributed by atoms with Crippen molar-refractivity contribution in [2.45, 2.75) is 0 Å². The summed E-state index contributed by atoms with van der Waals surface area (Å²) in [4.78, 5) is 12.4. The van der Waals surface area contributed by atoms with Crippen molar-refractivity contribution in [3.05, 3.63) is 53.6 Å². The number of para-hydroxylation sites is 1. The number of hydrogen-bond acceptors (Lipinski definition) is 4. The number of ether oxygens (including phenoxy) is 1. The molecule has 0 radical (unpaired) electrons. The van der Waals surface area contributed by atoms with Crippen molar-refractivity contribution < 1.29 is 14.6 Å². The molecule has 6 heteroatoms. The number of hydrogen-bond donors (Lipinski definition) is 3. The fourth-order valence-corrected chi connectivity index (χ4v) is 2.00. The monoisotopic (exact) mass is 302 g/mol. The number of anilines is 1. The fourth-order valence-electron chi connectivity index (χ4n) is 1.82. The molecule has 0 aliphatic carbocycles. The highest BCUT2D eigenvalue weighted by Crippen LogP contribution is 2.24. The van der Waals surface area contributed by atoms with E-state index in [1.165, 1.54) is 19.2 Å². The normalized spacial score (nSPS) is 9.95. The minimum Gasteiger partial charge on any atom is -0.507 e. The number of carbonyl (C=O) groups is 1. The van der Waals surface area contributed by atoms with Crippen LogP contribution in [0.25, 0.3) is 0 Å². The predicted molar refractivity (Wildman–Crippen MR) is 84.9 cm³/mol. The number of methoxy groups -OCH3 is 1. The van der Waals surface area contributed by atoms with Crippen LogP contribution in [0.3, 0.4) is 0 Å². The SMILES string of the molecule is COc1ccc(O)c(C(=O)Nc2ccccc2C(N)=S)c1. The quantitative estimate of drug-likeness (QED) is 0.755. The zero-order chi connectivity index (χ0) is 15.4. The van der Waals surface area contributed by atoms with Gasteiger partial charge in [-0.2, -0.15) is 0 Å². The van der Waals surface area contributed by atoms with Gasteiger partial charge in [-0.1, -0.05) is 24.4 Å². The predicted octanol–water partition coefficient (Wildman–Crippen LogP) is 2.29. The van der Waals surface area contributed by atoms with Crippen LogP contribution < -0.4 is 15.8 Å². The highest BCUT2D eigenvalue weighted by molar-refractivity contribution is 7.80. The number of nitrogens with one attached hydrogen (secondary N) is 1. The Morgan fingerprint density at radius 2 is 1.95 bits per heavy atom. The average Bonchev–Trinajstić information content (AvgIpc) is 2.48. The van der Waals surface area contributed by atoms with Crippen LogP contribution in [-0.4, -0.2) is 23.1 Å². The Hall–Kier alpha value is -2.60. The fraction of sp³-hybridized carbons (Fsp3) is 0.0667. The number of nitrogens with two attached hydrogens (primary N) is 1. The Labute approximate surface area is 127 Å². The summed E-state index contributed by atoms with van der Waals surface area (Å²) in [6.07, 6.45) is 0. The van der Waals surface area contributed by atoms with Crippen molar-refractivity contribution in [2.24, 2.45) is 5.73 Å². The molecule has 2 rings (SSSR count). The van der Waals surface area contributed by atoms with Gasteiger partial charge in [0.2, 0.25) is 0 Å². The maximum atomic E-state index is 12.3. The number of benzene rings is 2. The van der Waals surface area contributed by atoms with Crippen LogP contribution in [-0.2, 0) is 0 Å². The summed E-state index contributed by atoms with van der Waals surface area (Å²) in [5.41, 5.74) is 6.76.